The fourth-order valence-electron chi connectivity index (χ4n) is 3.33. The van der Waals surface area contributed by atoms with Crippen molar-refractivity contribution in [1.29, 1.82) is 0 Å². The van der Waals surface area contributed by atoms with Crippen LogP contribution in [0.1, 0.15) is 23.1 Å². The maximum atomic E-state index is 13.2. The molecule has 1 fully saturated rings. The summed E-state index contributed by atoms with van der Waals surface area (Å²) in [4.78, 5) is 2.55. The highest BCUT2D eigenvalue weighted by Crippen LogP contribution is 2.23. The van der Waals surface area contributed by atoms with Crippen LogP contribution in [0.4, 0.5) is 4.39 Å². The first-order valence-corrected chi connectivity index (χ1v) is 9.81. The Labute approximate surface area is 173 Å². The first-order valence-electron chi connectivity index (χ1n) is 9.40. The quantitative estimate of drug-likeness (QED) is 0.568. The average Bonchev–Trinajstić information content (AvgIpc) is 3.08. The molecule has 1 unspecified atom stereocenters. The lowest BCUT2D eigenvalue weighted by molar-refractivity contribution is -0.0420. The van der Waals surface area contributed by atoms with Crippen LogP contribution < -0.4 is 4.74 Å². The van der Waals surface area contributed by atoms with Crippen molar-refractivity contribution < 1.29 is 18.3 Å². The summed E-state index contributed by atoms with van der Waals surface area (Å²) in [7, 11) is 1.64. The first kappa shape index (κ1) is 19.8. The Morgan fingerprint density at radius 3 is 2.66 bits per heavy atom. The van der Waals surface area contributed by atoms with Gasteiger partial charge in [-0.1, -0.05) is 24.3 Å². The van der Waals surface area contributed by atoms with Gasteiger partial charge < -0.3 is 13.9 Å². The lowest BCUT2D eigenvalue weighted by Gasteiger charge is -2.32. The van der Waals surface area contributed by atoms with E-state index in [-0.39, 0.29) is 11.9 Å². The minimum atomic E-state index is -0.250. The van der Waals surface area contributed by atoms with Gasteiger partial charge in [-0.3, -0.25) is 4.90 Å². The van der Waals surface area contributed by atoms with Crippen molar-refractivity contribution in [2.45, 2.75) is 19.2 Å². The van der Waals surface area contributed by atoms with Gasteiger partial charge in [-0.25, -0.2) is 9.07 Å². The Balaban J connectivity index is 1.41. The summed E-state index contributed by atoms with van der Waals surface area (Å²) in [6, 6.07) is 14.2. The van der Waals surface area contributed by atoms with Crippen LogP contribution in [0, 0.1) is 10.7 Å². The second-order valence-corrected chi connectivity index (χ2v) is 7.26. The van der Waals surface area contributed by atoms with Gasteiger partial charge in [-0.15, -0.1) is 5.10 Å². The van der Waals surface area contributed by atoms with E-state index in [2.05, 4.69) is 10.00 Å². The van der Waals surface area contributed by atoms with Gasteiger partial charge in [-0.2, -0.15) is 0 Å². The minimum Gasteiger partial charge on any atom is -0.497 e. The zero-order valence-corrected chi connectivity index (χ0v) is 16.9. The Morgan fingerprint density at radius 2 is 1.93 bits per heavy atom. The topological polar surface area (TPSA) is 52.7 Å². The number of morpholine rings is 1. The molecule has 152 valence electrons. The Kier molecular flexibility index (Phi) is 6.03. The third-order valence-electron chi connectivity index (χ3n) is 4.89. The van der Waals surface area contributed by atoms with Gasteiger partial charge in [0, 0.05) is 13.1 Å². The number of halogens is 1. The van der Waals surface area contributed by atoms with Gasteiger partial charge in [-0.05, 0) is 47.6 Å². The molecule has 4 rings (SSSR count). The number of aromatic nitrogens is 2. The monoisotopic (exact) mass is 415 g/mol. The van der Waals surface area contributed by atoms with Gasteiger partial charge in [0.25, 0.3) is 4.84 Å². The standard InChI is InChI=1S/C21H22FN3O3S/c1-26-18-8-2-15(3-9-18)12-20-23-25(21(29)28-20)14-24-10-11-27-19(13-24)16-4-6-17(22)7-5-16/h2-9,19H,10-14H2,1H3. The van der Waals surface area contributed by atoms with Gasteiger partial charge in [0.15, 0.2) is 0 Å². The van der Waals surface area contributed by atoms with Gasteiger partial charge in [0.2, 0.25) is 5.89 Å². The largest absolute Gasteiger partial charge is 0.497 e. The molecule has 1 aliphatic heterocycles. The number of nitrogens with zero attached hydrogens (tertiary/aromatic N) is 3. The second-order valence-electron chi connectivity index (χ2n) is 6.92. The molecule has 1 saturated heterocycles. The van der Waals surface area contributed by atoms with Gasteiger partial charge >= 0.3 is 0 Å². The number of hydrogen-bond acceptors (Lipinski definition) is 6. The van der Waals surface area contributed by atoms with E-state index in [4.69, 9.17) is 26.1 Å². The predicted molar refractivity (Wildman–Crippen MR) is 108 cm³/mol. The van der Waals surface area contributed by atoms with Crippen molar-refractivity contribution in [3.8, 4) is 5.75 Å². The maximum Gasteiger partial charge on any atom is 0.288 e. The number of benzene rings is 2. The third-order valence-corrected chi connectivity index (χ3v) is 5.18. The molecule has 29 heavy (non-hydrogen) atoms. The number of hydrogen-bond donors (Lipinski definition) is 0. The van der Waals surface area contributed by atoms with Crippen LogP contribution in [0.3, 0.4) is 0 Å². The van der Waals surface area contributed by atoms with E-state index < -0.39 is 0 Å². The molecule has 1 aliphatic rings. The molecule has 8 heteroatoms. The molecule has 0 spiro atoms. The molecule has 3 aromatic rings. The highest BCUT2D eigenvalue weighted by atomic mass is 32.1. The van der Waals surface area contributed by atoms with Crippen molar-refractivity contribution in [2.75, 3.05) is 26.8 Å². The normalized spacial score (nSPS) is 17.4. The van der Waals surface area contributed by atoms with Crippen molar-refractivity contribution >= 4 is 12.2 Å². The molecule has 0 radical (unpaired) electrons. The molecular weight excluding hydrogens is 393 g/mol. The molecular formula is C21H22FN3O3S. The van der Waals surface area contributed by atoms with Crippen molar-refractivity contribution in [2.24, 2.45) is 0 Å². The molecule has 2 aromatic carbocycles. The van der Waals surface area contributed by atoms with E-state index in [0.717, 1.165) is 23.4 Å². The van der Waals surface area contributed by atoms with Crippen LogP contribution in [-0.4, -0.2) is 41.5 Å². The number of methoxy groups -OCH3 is 1. The lowest BCUT2D eigenvalue weighted by Crippen LogP contribution is -2.39. The van der Waals surface area contributed by atoms with E-state index in [1.165, 1.54) is 12.1 Å². The molecule has 0 bridgehead atoms. The highest BCUT2D eigenvalue weighted by Gasteiger charge is 2.23. The Morgan fingerprint density at radius 1 is 1.17 bits per heavy atom. The molecule has 0 N–H and O–H groups in total. The van der Waals surface area contributed by atoms with Crippen LogP contribution in [0.25, 0.3) is 0 Å². The summed E-state index contributed by atoms with van der Waals surface area (Å²) in [5, 5.41) is 4.53. The highest BCUT2D eigenvalue weighted by molar-refractivity contribution is 7.71. The molecule has 0 aliphatic carbocycles. The number of rotatable bonds is 6. The zero-order chi connectivity index (χ0) is 20.2. The Bertz CT molecular complexity index is 1000. The van der Waals surface area contributed by atoms with Crippen LogP contribution in [-0.2, 0) is 17.8 Å². The fraction of sp³-hybridized carbons (Fsp3) is 0.333. The SMILES string of the molecule is COc1ccc(Cc2nn(CN3CCOC(c4ccc(F)cc4)C3)c(=S)o2)cc1. The van der Waals surface area contributed by atoms with E-state index in [1.807, 2.05) is 24.3 Å². The van der Waals surface area contributed by atoms with Gasteiger partial charge in [0.1, 0.15) is 11.6 Å². The molecule has 1 aromatic heterocycles. The lowest BCUT2D eigenvalue weighted by atomic mass is 10.1. The molecule has 0 saturated carbocycles. The molecule has 6 nitrogen and oxygen atoms in total. The van der Waals surface area contributed by atoms with E-state index in [9.17, 15) is 4.39 Å². The van der Waals surface area contributed by atoms with Crippen LogP contribution in [0.2, 0.25) is 0 Å². The summed E-state index contributed by atoms with van der Waals surface area (Å²) < 4.78 is 31.6. The summed E-state index contributed by atoms with van der Waals surface area (Å²) in [6.45, 7) is 2.55. The third kappa shape index (κ3) is 4.90. The van der Waals surface area contributed by atoms with E-state index in [1.54, 1.807) is 23.9 Å². The van der Waals surface area contributed by atoms with Crippen molar-refractivity contribution in [1.82, 2.24) is 14.7 Å². The summed E-state index contributed by atoms with van der Waals surface area (Å²) in [6.07, 6.45) is 0.450. The first-order chi connectivity index (χ1) is 14.1. The molecule has 2 heterocycles. The predicted octanol–water partition coefficient (Wildman–Crippen LogP) is 3.98. The van der Waals surface area contributed by atoms with Crippen molar-refractivity contribution in [3.63, 3.8) is 0 Å². The van der Waals surface area contributed by atoms with Crippen LogP contribution >= 0.6 is 12.2 Å². The fourth-order valence-corrected chi connectivity index (χ4v) is 3.52. The van der Waals surface area contributed by atoms with E-state index in [0.29, 0.717) is 37.0 Å². The van der Waals surface area contributed by atoms with Gasteiger partial charge in [0.05, 0.1) is 32.9 Å². The Hall–Kier alpha value is -2.55. The average molecular weight is 415 g/mol. The van der Waals surface area contributed by atoms with Crippen molar-refractivity contribution in [3.05, 3.63) is 76.2 Å². The maximum absolute atomic E-state index is 13.2. The summed E-state index contributed by atoms with van der Waals surface area (Å²) >= 11 is 5.35. The minimum absolute atomic E-state index is 0.107. The summed E-state index contributed by atoms with van der Waals surface area (Å²) in [5.74, 6) is 1.13. The van der Waals surface area contributed by atoms with E-state index >= 15 is 0 Å². The molecule has 0 amide bonds. The number of ether oxygens (including phenoxy) is 2. The van der Waals surface area contributed by atoms with Crippen LogP contribution in [0.15, 0.2) is 52.9 Å². The molecule has 1 atom stereocenters. The summed E-state index contributed by atoms with van der Waals surface area (Å²) in [5.41, 5.74) is 2.02. The zero-order valence-electron chi connectivity index (χ0n) is 16.1. The smallest absolute Gasteiger partial charge is 0.288 e. The van der Waals surface area contributed by atoms with Crippen LogP contribution in [0.5, 0.6) is 5.75 Å². The second kappa shape index (κ2) is 8.86.